The lowest BCUT2D eigenvalue weighted by Gasteiger charge is -2.41. The van der Waals surface area contributed by atoms with E-state index >= 15 is 0 Å². The molecule has 0 aliphatic carbocycles. The molecule has 1 fully saturated rings. The first-order chi connectivity index (χ1) is 6.31. The van der Waals surface area contributed by atoms with Crippen molar-refractivity contribution in [3.63, 3.8) is 0 Å². The van der Waals surface area contributed by atoms with E-state index in [1.807, 2.05) is 0 Å². The van der Waals surface area contributed by atoms with Crippen LogP contribution in [0.1, 0.15) is 53.9 Å². The van der Waals surface area contributed by atoms with Crippen LogP contribution in [0.25, 0.3) is 0 Å². The van der Waals surface area contributed by atoms with Crippen LogP contribution in [0.4, 0.5) is 0 Å². The van der Waals surface area contributed by atoms with Crippen LogP contribution in [0.15, 0.2) is 0 Å². The van der Waals surface area contributed by atoms with E-state index in [9.17, 15) is 0 Å². The molecule has 0 unspecified atom stereocenters. The largest absolute Gasteiger partial charge is 0.317 e. The number of nitrogens with one attached hydrogen (secondary N) is 1. The minimum atomic E-state index is 0.467. The molecule has 1 heteroatoms. The van der Waals surface area contributed by atoms with Crippen molar-refractivity contribution < 1.29 is 0 Å². The summed E-state index contributed by atoms with van der Waals surface area (Å²) in [7, 11) is 0. The van der Waals surface area contributed by atoms with Gasteiger partial charge in [0.1, 0.15) is 0 Å². The predicted octanol–water partition coefficient (Wildman–Crippen LogP) is 3.45. The first-order valence-electron chi connectivity index (χ1n) is 6.02. The molecule has 14 heavy (non-hydrogen) atoms. The molecule has 1 rings (SSSR count). The molecule has 0 saturated carbocycles. The second-order valence-corrected chi connectivity index (χ2v) is 6.75. The van der Waals surface area contributed by atoms with Gasteiger partial charge in [-0.05, 0) is 49.1 Å². The molecule has 1 aliphatic heterocycles. The molecule has 1 aliphatic rings. The molecule has 84 valence electrons. The van der Waals surface area contributed by atoms with Gasteiger partial charge in [0.05, 0.1) is 0 Å². The maximum Gasteiger partial charge on any atom is -0.00461 e. The summed E-state index contributed by atoms with van der Waals surface area (Å²) >= 11 is 0. The Morgan fingerprint density at radius 1 is 1.00 bits per heavy atom. The highest BCUT2D eigenvalue weighted by Gasteiger charge is 2.33. The van der Waals surface area contributed by atoms with Crippen LogP contribution in [0.5, 0.6) is 0 Å². The summed E-state index contributed by atoms with van der Waals surface area (Å²) < 4.78 is 0. The molecular formula is C13H27N. The van der Waals surface area contributed by atoms with Gasteiger partial charge < -0.3 is 5.32 Å². The Balaban J connectivity index is 2.54. The van der Waals surface area contributed by atoms with Crippen LogP contribution in [0.3, 0.4) is 0 Å². The van der Waals surface area contributed by atoms with E-state index in [4.69, 9.17) is 0 Å². The van der Waals surface area contributed by atoms with Crippen molar-refractivity contribution in [1.29, 1.82) is 0 Å². The highest BCUT2D eigenvalue weighted by atomic mass is 14.9. The van der Waals surface area contributed by atoms with Crippen molar-refractivity contribution >= 4 is 0 Å². The third kappa shape index (κ3) is 3.61. The standard InChI is InChI=1S/C13H27N/c1-12(2,3)10-13(4,5)11-6-8-14-9-7-11/h11,14H,6-10H2,1-5H3. The van der Waals surface area contributed by atoms with Gasteiger partial charge in [0, 0.05) is 0 Å². The zero-order valence-electron chi connectivity index (χ0n) is 10.6. The topological polar surface area (TPSA) is 12.0 Å². The monoisotopic (exact) mass is 197 g/mol. The lowest BCUT2D eigenvalue weighted by Crippen LogP contribution is -2.37. The molecule has 0 atom stereocenters. The van der Waals surface area contributed by atoms with E-state index in [1.165, 1.54) is 32.4 Å². The first kappa shape index (κ1) is 12.0. The van der Waals surface area contributed by atoms with E-state index in [2.05, 4.69) is 39.9 Å². The lowest BCUT2D eigenvalue weighted by molar-refractivity contribution is 0.105. The number of hydrogen-bond acceptors (Lipinski definition) is 1. The average molecular weight is 197 g/mol. The molecule has 1 saturated heterocycles. The van der Waals surface area contributed by atoms with Gasteiger partial charge in [-0.1, -0.05) is 34.6 Å². The molecule has 0 spiro atoms. The van der Waals surface area contributed by atoms with Crippen LogP contribution < -0.4 is 5.32 Å². The van der Waals surface area contributed by atoms with Gasteiger partial charge in [0.15, 0.2) is 0 Å². The maximum absolute atomic E-state index is 3.45. The van der Waals surface area contributed by atoms with Gasteiger partial charge in [0.2, 0.25) is 0 Å². The molecule has 1 N–H and O–H groups in total. The van der Waals surface area contributed by atoms with Gasteiger partial charge in [-0.2, -0.15) is 0 Å². The SMILES string of the molecule is CC(C)(C)CC(C)(C)C1CCNCC1. The number of piperidine rings is 1. The van der Waals surface area contributed by atoms with Gasteiger partial charge in [-0.3, -0.25) is 0 Å². The van der Waals surface area contributed by atoms with Gasteiger partial charge in [-0.25, -0.2) is 0 Å². The molecule has 1 nitrogen and oxygen atoms in total. The number of rotatable bonds is 2. The van der Waals surface area contributed by atoms with E-state index in [-0.39, 0.29) is 0 Å². The van der Waals surface area contributed by atoms with Crippen molar-refractivity contribution in [3.05, 3.63) is 0 Å². The fraction of sp³-hybridized carbons (Fsp3) is 1.00. The Labute approximate surface area is 89.7 Å². The van der Waals surface area contributed by atoms with Crippen LogP contribution in [0, 0.1) is 16.7 Å². The van der Waals surface area contributed by atoms with Gasteiger partial charge in [0.25, 0.3) is 0 Å². The van der Waals surface area contributed by atoms with Crippen LogP contribution in [-0.2, 0) is 0 Å². The highest BCUT2D eigenvalue weighted by molar-refractivity contribution is 4.85. The second kappa shape index (κ2) is 4.22. The first-order valence-corrected chi connectivity index (χ1v) is 6.02. The Bertz CT molecular complexity index is 170. The zero-order chi connectivity index (χ0) is 10.8. The van der Waals surface area contributed by atoms with Crippen molar-refractivity contribution in [3.8, 4) is 0 Å². The lowest BCUT2D eigenvalue weighted by atomic mass is 9.66. The van der Waals surface area contributed by atoms with Gasteiger partial charge >= 0.3 is 0 Å². The highest BCUT2D eigenvalue weighted by Crippen LogP contribution is 2.42. The fourth-order valence-electron chi connectivity index (χ4n) is 3.11. The Morgan fingerprint density at radius 3 is 1.93 bits per heavy atom. The van der Waals surface area contributed by atoms with Crippen LogP contribution >= 0.6 is 0 Å². The molecular weight excluding hydrogens is 170 g/mol. The van der Waals surface area contributed by atoms with Crippen molar-refractivity contribution in [2.24, 2.45) is 16.7 Å². The maximum atomic E-state index is 3.45. The molecule has 0 bridgehead atoms. The normalized spacial score (nSPS) is 21.2. The van der Waals surface area contributed by atoms with Crippen molar-refractivity contribution in [2.75, 3.05) is 13.1 Å². The summed E-state index contributed by atoms with van der Waals surface area (Å²) in [5.41, 5.74) is 0.981. The third-order valence-corrected chi connectivity index (χ3v) is 3.43. The van der Waals surface area contributed by atoms with Gasteiger partial charge in [-0.15, -0.1) is 0 Å². The van der Waals surface area contributed by atoms with E-state index < -0.39 is 0 Å². The summed E-state index contributed by atoms with van der Waals surface area (Å²) in [6.45, 7) is 14.4. The smallest absolute Gasteiger partial charge is 0.00461 e. The van der Waals surface area contributed by atoms with E-state index in [0.29, 0.717) is 10.8 Å². The third-order valence-electron chi connectivity index (χ3n) is 3.43. The molecule has 0 aromatic carbocycles. The summed E-state index contributed by atoms with van der Waals surface area (Å²) in [6, 6.07) is 0. The molecule has 1 heterocycles. The molecule has 0 aromatic rings. The minimum absolute atomic E-state index is 0.467. The van der Waals surface area contributed by atoms with Crippen LogP contribution in [-0.4, -0.2) is 13.1 Å². The van der Waals surface area contributed by atoms with E-state index in [0.717, 1.165) is 5.92 Å². The Kier molecular flexibility index (Phi) is 3.63. The predicted molar refractivity (Wildman–Crippen MR) is 63.4 cm³/mol. The molecule has 0 radical (unpaired) electrons. The second-order valence-electron chi connectivity index (χ2n) is 6.75. The Hall–Kier alpha value is -0.0400. The fourth-order valence-corrected chi connectivity index (χ4v) is 3.11. The summed E-state index contributed by atoms with van der Waals surface area (Å²) in [5, 5.41) is 3.45. The summed E-state index contributed by atoms with van der Waals surface area (Å²) in [5.74, 6) is 0.919. The molecule has 0 amide bonds. The van der Waals surface area contributed by atoms with E-state index in [1.54, 1.807) is 0 Å². The quantitative estimate of drug-likeness (QED) is 0.715. The minimum Gasteiger partial charge on any atom is -0.317 e. The summed E-state index contributed by atoms with van der Waals surface area (Å²) in [6.07, 6.45) is 4.07. The summed E-state index contributed by atoms with van der Waals surface area (Å²) in [4.78, 5) is 0. The van der Waals surface area contributed by atoms with Crippen molar-refractivity contribution in [2.45, 2.75) is 53.9 Å². The number of hydrogen-bond donors (Lipinski definition) is 1. The molecule has 0 aromatic heterocycles. The average Bonchev–Trinajstić information content (AvgIpc) is 2.01. The van der Waals surface area contributed by atoms with Crippen molar-refractivity contribution in [1.82, 2.24) is 5.32 Å². The van der Waals surface area contributed by atoms with Crippen LogP contribution in [0.2, 0.25) is 0 Å². The Morgan fingerprint density at radius 2 is 1.50 bits per heavy atom. The zero-order valence-corrected chi connectivity index (χ0v) is 10.6.